The van der Waals surface area contributed by atoms with E-state index in [9.17, 15) is 19.6 Å². The molecule has 1 heterocycles. The first kappa shape index (κ1) is 35.3. The van der Waals surface area contributed by atoms with E-state index in [0.29, 0.717) is 19.4 Å². The molecule has 45 heavy (non-hydrogen) atoms. The first-order valence-corrected chi connectivity index (χ1v) is 15.7. The Bertz CT molecular complexity index is 1360. The Morgan fingerprint density at radius 1 is 1.04 bits per heavy atom. The van der Waals surface area contributed by atoms with Crippen molar-refractivity contribution < 1.29 is 28.6 Å². The monoisotopic (exact) mass is 621 g/mol. The van der Waals surface area contributed by atoms with Gasteiger partial charge in [-0.3, -0.25) is 9.59 Å². The first-order valence-electron chi connectivity index (χ1n) is 15.7. The van der Waals surface area contributed by atoms with E-state index in [2.05, 4.69) is 33.7 Å². The predicted molar refractivity (Wildman–Crippen MR) is 174 cm³/mol. The number of carbonyl (C=O) groups excluding carboxylic acids is 3. The lowest BCUT2D eigenvalue weighted by molar-refractivity contribution is -0.145. The third-order valence-corrected chi connectivity index (χ3v) is 7.16. The number of nitrogens with two attached hydrogens (primary N) is 1. The number of benzene rings is 2. The largest absolute Gasteiger partial charge is 0.463 e. The number of hydrogen-bond acceptors (Lipinski definition) is 9. The van der Waals surface area contributed by atoms with Crippen molar-refractivity contribution in [3.05, 3.63) is 47.5 Å². The van der Waals surface area contributed by atoms with Crippen LogP contribution in [0.3, 0.4) is 0 Å². The molecule has 0 aromatic heterocycles. The maximum absolute atomic E-state index is 12.6. The first-order chi connectivity index (χ1) is 21.6. The van der Waals surface area contributed by atoms with E-state index in [1.807, 2.05) is 24.3 Å². The van der Waals surface area contributed by atoms with E-state index >= 15 is 0 Å². The molecule has 11 heteroatoms. The number of fused-ring (bicyclic) bond motifs is 1. The molecule has 1 fully saturated rings. The topological polar surface area (TPSA) is 156 Å². The average Bonchev–Trinajstić information content (AvgIpc) is 3.01. The van der Waals surface area contributed by atoms with Crippen LogP contribution in [0.2, 0.25) is 0 Å². The number of esters is 1. The Balaban J connectivity index is 1.38. The molecule has 0 radical (unpaired) electrons. The van der Waals surface area contributed by atoms with Crippen molar-refractivity contribution in [3.63, 3.8) is 0 Å². The molecule has 0 unspecified atom stereocenters. The summed E-state index contributed by atoms with van der Waals surface area (Å²) >= 11 is 0. The summed E-state index contributed by atoms with van der Waals surface area (Å²) in [6.45, 7) is 8.39. The molecule has 0 saturated carbocycles. The van der Waals surface area contributed by atoms with Gasteiger partial charge >= 0.3 is 12.1 Å². The Morgan fingerprint density at radius 2 is 1.78 bits per heavy atom. The molecule has 11 nitrogen and oxygen atoms in total. The Morgan fingerprint density at radius 3 is 2.49 bits per heavy atom. The second kappa shape index (κ2) is 18.0. The van der Waals surface area contributed by atoms with Crippen LogP contribution in [0.5, 0.6) is 0 Å². The summed E-state index contributed by atoms with van der Waals surface area (Å²) in [7, 11) is 0. The molecule has 1 aliphatic rings. The van der Waals surface area contributed by atoms with Crippen LogP contribution in [0.1, 0.15) is 64.9 Å². The molecule has 0 bridgehead atoms. The maximum atomic E-state index is 12.6. The van der Waals surface area contributed by atoms with Crippen LogP contribution in [0.4, 0.5) is 10.5 Å². The van der Waals surface area contributed by atoms with Crippen molar-refractivity contribution in [3.8, 4) is 6.07 Å². The number of carbonyl (C=O) groups is 3. The zero-order valence-corrected chi connectivity index (χ0v) is 26.7. The Hall–Kier alpha value is -4.14. The predicted octanol–water partition coefficient (Wildman–Crippen LogP) is 4.44. The van der Waals surface area contributed by atoms with Crippen LogP contribution in [0, 0.1) is 11.3 Å². The molecule has 2 amide bonds. The number of anilines is 1. The summed E-state index contributed by atoms with van der Waals surface area (Å²) in [5.74, 6) is -0.973. The van der Waals surface area contributed by atoms with Gasteiger partial charge in [0.1, 0.15) is 23.9 Å². The summed E-state index contributed by atoms with van der Waals surface area (Å²) in [6.07, 6.45) is 5.83. The number of amides is 2. The lowest BCUT2D eigenvalue weighted by Crippen LogP contribution is -2.40. The number of ether oxygens (including phenoxy) is 3. The van der Waals surface area contributed by atoms with E-state index in [4.69, 9.17) is 19.9 Å². The van der Waals surface area contributed by atoms with E-state index in [1.54, 1.807) is 26.8 Å². The highest BCUT2D eigenvalue weighted by Crippen LogP contribution is 2.26. The van der Waals surface area contributed by atoms with Crippen LogP contribution in [0.15, 0.2) is 42.0 Å². The molecule has 2 aromatic rings. The number of nitrogens with one attached hydrogen (secondary N) is 2. The number of piperidine rings is 1. The molecule has 1 aliphatic heterocycles. The highest BCUT2D eigenvalue weighted by atomic mass is 16.6. The normalized spacial score (nSPS) is 14.4. The third-order valence-electron chi connectivity index (χ3n) is 7.16. The van der Waals surface area contributed by atoms with Gasteiger partial charge in [0.15, 0.2) is 0 Å². The van der Waals surface area contributed by atoms with Crippen LogP contribution >= 0.6 is 0 Å². The van der Waals surface area contributed by atoms with Gasteiger partial charge in [-0.15, -0.1) is 0 Å². The second-order valence-corrected chi connectivity index (χ2v) is 12.1. The fourth-order valence-electron chi connectivity index (χ4n) is 4.98. The standard InChI is InChI=1S/C34H47N5O6/c1-34(2,3)45-33(42)38-29(8-7-13-35)23-31(40)44-19-18-43-17-14-37-32(41)28(24-36)21-25-9-10-27-22-30(12-11-26(27)20-25)39-15-5-4-6-16-39/h9-12,20-22,29H,4-8,13-19,23,35H2,1-3H3,(H,37,41)(H,38,42)/b28-21+/t29-/m0/s1. The summed E-state index contributed by atoms with van der Waals surface area (Å²) in [5, 5.41) is 17.1. The van der Waals surface area contributed by atoms with E-state index < -0.39 is 29.6 Å². The van der Waals surface area contributed by atoms with Gasteiger partial charge in [0.25, 0.3) is 5.91 Å². The minimum absolute atomic E-state index is 0.00241. The summed E-state index contributed by atoms with van der Waals surface area (Å²) in [5.41, 5.74) is 6.91. The highest BCUT2D eigenvalue weighted by Gasteiger charge is 2.22. The molecule has 4 N–H and O–H groups in total. The van der Waals surface area contributed by atoms with Crippen molar-refractivity contribution in [2.24, 2.45) is 5.73 Å². The quantitative estimate of drug-likeness (QED) is 0.113. The van der Waals surface area contributed by atoms with Gasteiger partial charge in [-0.25, -0.2) is 4.79 Å². The lowest BCUT2D eigenvalue weighted by Gasteiger charge is -2.29. The third kappa shape index (κ3) is 12.8. The van der Waals surface area contributed by atoms with Crippen molar-refractivity contribution in [2.75, 3.05) is 50.9 Å². The van der Waals surface area contributed by atoms with Crippen molar-refractivity contribution in [1.82, 2.24) is 10.6 Å². The SMILES string of the molecule is CC(C)(C)OC(=O)N[C@@H](CCCN)CC(=O)OCCOCCNC(=O)/C(C#N)=C/c1ccc2cc(N3CCCCC3)ccc2c1. The zero-order chi connectivity index (χ0) is 32.7. The van der Waals surface area contributed by atoms with E-state index in [-0.39, 0.29) is 38.4 Å². The van der Waals surface area contributed by atoms with Gasteiger partial charge in [0.2, 0.25) is 0 Å². The van der Waals surface area contributed by atoms with Crippen LogP contribution < -0.4 is 21.3 Å². The maximum Gasteiger partial charge on any atom is 0.407 e. The lowest BCUT2D eigenvalue weighted by atomic mass is 10.0. The summed E-state index contributed by atoms with van der Waals surface area (Å²) in [4.78, 5) is 39.4. The van der Waals surface area contributed by atoms with Gasteiger partial charge in [0, 0.05) is 31.4 Å². The highest BCUT2D eigenvalue weighted by molar-refractivity contribution is 6.02. The van der Waals surface area contributed by atoms with Gasteiger partial charge in [-0.05, 0) is 100 Å². The van der Waals surface area contributed by atoms with E-state index in [1.165, 1.54) is 24.9 Å². The van der Waals surface area contributed by atoms with Crippen molar-refractivity contribution in [1.29, 1.82) is 5.26 Å². The molecule has 3 rings (SSSR count). The van der Waals surface area contributed by atoms with Gasteiger partial charge in [0.05, 0.1) is 19.6 Å². The van der Waals surface area contributed by atoms with E-state index in [0.717, 1.165) is 29.4 Å². The van der Waals surface area contributed by atoms with Crippen LogP contribution in [-0.2, 0) is 23.8 Å². The van der Waals surface area contributed by atoms with Crippen molar-refractivity contribution in [2.45, 2.75) is 70.9 Å². The number of nitrogens with zero attached hydrogens (tertiary/aromatic N) is 2. The molecule has 0 aliphatic carbocycles. The molecule has 0 spiro atoms. The minimum atomic E-state index is -0.652. The minimum Gasteiger partial charge on any atom is -0.463 e. The fourth-order valence-corrected chi connectivity index (χ4v) is 4.98. The van der Waals surface area contributed by atoms with Crippen LogP contribution in [0.25, 0.3) is 16.8 Å². The molecule has 1 atom stereocenters. The number of rotatable bonds is 15. The van der Waals surface area contributed by atoms with Gasteiger partial charge in [-0.2, -0.15) is 5.26 Å². The molecular weight excluding hydrogens is 574 g/mol. The Labute approximate surface area is 266 Å². The molecule has 1 saturated heterocycles. The van der Waals surface area contributed by atoms with Crippen LogP contribution in [-0.4, -0.2) is 75.6 Å². The molecule has 244 valence electrons. The molecular formula is C34H47N5O6. The van der Waals surface area contributed by atoms with Gasteiger partial charge in [-0.1, -0.05) is 18.2 Å². The number of nitriles is 1. The smallest absolute Gasteiger partial charge is 0.407 e. The zero-order valence-electron chi connectivity index (χ0n) is 26.7. The summed E-state index contributed by atoms with van der Waals surface area (Å²) < 4.78 is 15.9. The van der Waals surface area contributed by atoms with Crippen molar-refractivity contribution >= 4 is 40.5 Å². The number of hydrogen-bond donors (Lipinski definition) is 3. The van der Waals surface area contributed by atoms with Gasteiger partial charge < -0.3 is 35.5 Å². The second-order valence-electron chi connectivity index (χ2n) is 12.1. The number of alkyl carbamates (subject to hydrolysis) is 1. The fraction of sp³-hybridized carbons (Fsp3) is 0.529. The Kier molecular flexibility index (Phi) is 14.1. The summed E-state index contributed by atoms with van der Waals surface area (Å²) in [6, 6.07) is 13.8. The average molecular weight is 622 g/mol. The molecule has 2 aromatic carbocycles.